The van der Waals surface area contributed by atoms with E-state index in [-0.39, 0.29) is 30.3 Å². The maximum Gasteiger partial charge on any atom is 0.417 e. The highest BCUT2D eigenvalue weighted by molar-refractivity contribution is 5.11. The van der Waals surface area contributed by atoms with E-state index in [1.165, 1.54) is 38.5 Å². The normalized spacial score (nSPS) is 48.9. The molecule has 34 heavy (non-hydrogen) atoms. The van der Waals surface area contributed by atoms with Crippen LogP contribution in [-0.4, -0.2) is 28.1 Å². The summed E-state index contributed by atoms with van der Waals surface area (Å²) < 4.78 is 40.8. The topological polar surface area (TPSA) is 40.5 Å². The summed E-state index contributed by atoms with van der Waals surface area (Å²) in [5.41, 5.74) is -2.20. The van der Waals surface area contributed by atoms with Gasteiger partial charge in [0.1, 0.15) is 0 Å². The predicted octanol–water partition coefficient (Wildman–Crippen LogP) is 7.52. The summed E-state index contributed by atoms with van der Waals surface area (Å²) in [5.74, 6) is 3.70. The van der Waals surface area contributed by atoms with E-state index in [2.05, 4.69) is 20.8 Å². The van der Waals surface area contributed by atoms with Crippen LogP contribution in [0.4, 0.5) is 13.2 Å². The molecule has 0 bridgehead atoms. The van der Waals surface area contributed by atoms with Crippen LogP contribution in [0.3, 0.4) is 0 Å². The fourth-order valence-electron chi connectivity index (χ4n) is 10.2. The van der Waals surface area contributed by atoms with Crippen molar-refractivity contribution in [3.63, 3.8) is 0 Å². The molecular formula is C29H47F3O2. The Bertz CT molecular complexity index is 750. The third-order valence-electron chi connectivity index (χ3n) is 12.6. The highest BCUT2D eigenvalue weighted by atomic mass is 19.4. The van der Waals surface area contributed by atoms with E-state index < -0.39 is 11.8 Å². The van der Waals surface area contributed by atoms with Crippen LogP contribution in [0, 0.1) is 52.3 Å². The average molecular weight is 485 g/mol. The molecule has 0 radical (unpaired) electrons. The molecule has 0 aromatic carbocycles. The smallest absolute Gasteiger partial charge is 0.393 e. The molecule has 0 aliphatic heterocycles. The van der Waals surface area contributed by atoms with Gasteiger partial charge >= 0.3 is 6.18 Å². The fourth-order valence-corrected chi connectivity index (χ4v) is 10.2. The quantitative estimate of drug-likeness (QED) is 0.424. The van der Waals surface area contributed by atoms with E-state index in [4.69, 9.17) is 0 Å². The molecule has 0 spiro atoms. The van der Waals surface area contributed by atoms with Crippen LogP contribution in [0.1, 0.15) is 111 Å². The lowest BCUT2D eigenvalue weighted by molar-refractivity contribution is -0.290. The van der Waals surface area contributed by atoms with Gasteiger partial charge in [-0.25, -0.2) is 0 Å². The molecule has 196 valence electrons. The number of rotatable bonds is 5. The van der Waals surface area contributed by atoms with Gasteiger partial charge < -0.3 is 10.2 Å². The van der Waals surface area contributed by atoms with E-state index in [1.807, 2.05) is 0 Å². The maximum absolute atomic E-state index is 13.6. The molecule has 0 heterocycles. The summed E-state index contributed by atoms with van der Waals surface area (Å²) in [6, 6.07) is 0. The van der Waals surface area contributed by atoms with Crippen molar-refractivity contribution in [2.45, 2.75) is 129 Å². The van der Waals surface area contributed by atoms with Crippen molar-refractivity contribution in [2.24, 2.45) is 52.3 Å². The van der Waals surface area contributed by atoms with Crippen molar-refractivity contribution in [3.05, 3.63) is 0 Å². The number of halogens is 3. The van der Waals surface area contributed by atoms with Crippen LogP contribution in [0.25, 0.3) is 0 Å². The third kappa shape index (κ3) is 3.89. The van der Waals surface area contributed by atoms with E-state index in [1.54, 1.807) is 0 Å². The minimum Gasteiger partial charge on any atom is -0.393 e. The zero-order valence-corrected chi connectivity index (χ0v) is 21.5. The summed E-state index contributed by atoms with van der Waals surface area (Å²) in [6.45, 7) is 7.21. The molecule has 2 nitrogen and oxygen atoms in total. The average Bonchev–Trinajstić information content (AvgIpc) is 3.08. The van der Waals surface area contributed by atoms with Crippen LogP contribution in [0.2, 0.25) is 0 Å². The lowest BCUT2D eigenvalue weighted by Gasteiger charge is -2.62. The number of fused-ring (bicyclic) bond motifs is 5. The highest BCUT2D eigenvalue weighted by Crippen LogP contribution is 2.69. The van der Waals surface area contributed by atoms with E-state index in [0.717, 1.165) is 32.1 Å². The fraction of sp³-hybridized carbons (Fsp3) is 1.00. The zero-order chi connectivity index (χ0) is 24.5. The summed E-state index contributed by atoms with van der Waals surface area (Å²) >= 11 is 0. The largest absolute Gasteiger partial charge is 0.417 e. The predicted molar refractivity (Wildman–Crippen MR) is 128 cm³/mol. The van der Waals surface area contributed by atoms with E-state index in [0.29, 0.717) is 47.3 Å². The van der Waals surface area contributed by atoms with Crippen LogP contribution in [0.5, 0.6) is 0 Å². The van der Waals surface area contributed by atoms with Gasteiger partial charge in [0.2, 0.25) is 0 Å². The van der Waals surface area contributed by atoms with Crippen molar-refractivity contribution < 1.29 is 23.4 Å². The molecule has 0 saturated heterocycles. The lowest BCUT2D eigenvalue weighted by Crippen LogP contribution is -2.59. The molecule has 5 fully saturated rings. The molecule has 5 saturated carbocycles. The summed E-state index contributed by atoms with van der Waals surface area (Å²) in [7, 11) is 0. The molecule has 0 aromatic heterocycles. The number of hydrogen-bond acceptors (Lipinski definition) is 2. The van der Waals surface area contributed by atoms with Crippen LogP contribution in [0.15, 0.2) is 0 Å². The number of hydrogen-bond donors (Lipinski definition) is 2. The molecule has 10 atom stereocenters. The number of aliphatic hydroxyl groups is 2. The second-order valence-electron chi connectivity index (χ2n) is 13.9. The maximum atomic E-state index is 13.6. The lowest BCUT2D eigenvalue weighted by atomic mass is 9.43. The van der Waals surface area contributed by atoms with Crippen LogP contribution < -0.4 is 0 Å². The standard InChI is InChI=1S/C29H47F3O2/c1-18(7-12-25(33)19-5-4-6-19)22-10-11-23-21-9-8-20-17-28(34,29(30,31)32)16-15-26(20,2)24(21)13-14-27(22,23)3/h18-25,33-34H,4-17H2,1-3H3/t18-,20+,21+,22-,23+,24+,25-,26+,27-,28+/m1/s1. The second kappa shape index (κ2) is 8.64. The summed E-state index contributed by atoms with van der Waals surface area (Å²) in [4.78, 5) is 0. The Kier molecular flexibility index (Phi) is 6.44. The van der Waals surface area contributed by atoms with Gasteiger partial charge in [-0.15, -0.1) is 0 Å². The Labute approximate surface area is 204 Å². The van der Waals surface area contributed by atoms with Gasteiger partial charge in [0.25, 0.3) is 0 Å². The first-order chi connectivity index (χ1) is 15.9. The van der Waals surface area contributed by atoms with Gasteiger partial charge in [-0.2, -0.15) is 13.2 Å². The summed E-state index contributed by atoms with van der Waals surface area (Å²) in [5, 5.41) is 21.0. The van der Waals surface area contributed by atoms with Gasteiger partial charge in [0.15, 0.2) is 5.60 Å². The number of alkyl halides is 3. The van der Waals surface area contributed by atoms with Crippen molar-refractivity contribution in [2.75, 3.05) is 0 Å². The Morgan fingerprint density at radius 2 is 1.56 bits per heavy atom. The highest BCUT2D eigenvalue weighted by Gasteiger charge is 2.65. The van der Waals surface area contributed by atoms with Gasteiger partial charge in [-0.3, -0.25) is 0 Å². The first-order valence-corrected chi connectivity index (χ1v) is 14.4. The molecule has 5 rings (SSSR count). The van der Waals surface area contributed by atoms with Crippen LogP contribution in [-0.2, 0) is 0 Å². The monoisotopic (exact) mass is 484 g/mol. The summed E-state index contributed by atoms with van der Waals surface area (Å²) in [6.07, 6.45) is 8.16. The molecule has 5 aliphatic rings. The van der Waals surface area contributed by atoms with Crippen molar-refractivity contribution in [1.29, 1.82) is 0 Å². The molecule has 5 aliphatic carbocycles. The minimum absolute atomic E-state index is 0.0115. The molecule has 0 aromatic rings. The molecular weight excluding hydrogens is 437 g/mol. The first kappa shape index (κ1) is 25.4. The Morgan fingerprint density at radius 1 is 0.853 bits per heavy atom. The van der Waals surface area contributed by atoms with Crippen LogP contribution >= 0.6 is 0 Å². The van der Waals surface area contributed by atoms with Gasteiger partial charge in [0, 0.05) is 0 Å². The Hall–Kier alpha value is -0.290. The van der Waals surface area contributed by atoms with E-state index in [9.17, 15) is 23.4 Å². The Balaban J connectivity index is 1.26. The zero-order valence-electron chi connectivity index (χ0n) is 21.5. The van der Waals surface area contributed by atoms with Crippen molar-refractivity contribution >= 4 is 0 Å². The third-order valence-corrected chi connectivity index (χ3v) is 12.6. The minimum atomic E-state index is -4.52. The molecule has 5 heteroatoms. The van der Waals surface area contributed by atoms with Gasteiger partial charge in [-0.1, -0.05) is 27.2 Å². The Morgan fingerprint density at radius 3 is 2.21 bits per heavy atom. The second-order valence-corrected chi connectivity index (χ2v) is 13.9. The molecule has 0 unspecified atom stereocenters. The first-order valence-electron chi connectivity index (χ1n) is 14.4. The van der Waals surface area contributed by atoms with E-state index >= 15 is 0 Å². The number of aliphatic hydroxyl groups excluding tert-OH is 1. The van der Waals surface area contributed by atoms with Crippen molar-refractivity contribution in [3.8, 4) is 0 Å². The SMILES string of the molecule is C[C@H](CC[C@@H](O)C1CCC1)[C@H]1CC[C@H]2[C@@H]3CC[C@H]4C[C@](O)(C(F)(F)F)CC[C@]4(C)[C@H]3CC[C@]12C. The van der Waals surface area contributed by atoms with Gasteiger partial charge in [0.05, 0.1) is 6.10 Å². The molecule has 2 N–H and O–H groups in total. The van der Waals surface area contributed by atoms with Gasteiger partial charge in [-0.05, 0) is 136 Å². The molecule has 0 amide bonds. The van der Waals surface area contributed by atoms with Crippen molar-refractivity contribution in [1.82, 2.24) is 0 Å².